The van der Waals surface area contributed by atoms with Crippen LogP contribution in [0.15, 0.2) is 174 Å². The fourth-order valence-electron chi connectivity index (χ4n) is 5.49. The Kier molecular flexibility index (Phi) is 2.72. The molecule has 0 unspecified atom stereocenters. The maximum Gasteiger partial charge on any atom is 0.164 e. The van der Waals surface area contributed by atoms with Crippen molar-refractivity contribution in [3.05, 3.63) is 169 Å². The lowest BCUT2D eigenvalue weighted by Gasteiger charge is -2.11. The van der Waals surface area contributed by atoms with Crippen LogP contribution >= 0.6 is 0 Å². The molecule has 0 saturated heterocycles. The predicted octanol–water partition coefficient (Wildman–Crippen LogP) is 11.5. The van der Waals surface area contributed by atoms with E-state index in [1.807, 2.05) is 0 Å². The topological polar surface area (TPSA) is 56.7 Å². The molecule has 3 aromatic heterocycles. The maximum atomic E-state index is 9.49. The van der Waals surface area contributed by atoms with Gasteiger partial charge in [-0.05, 0) is 59.5 Å². The van der Waals surface area contributed by atoms with Gasteiger partial charge in [-0.2, -0.15) is 0 Å². The molecule has 234 valence electrons. The van der Waals surface area contributed by atoms with Gasteiger partial charge in [0.1, 0.15) is 11.2 Å². The minimum absolute atomic E-state index is 0.463. The van der Waals surface area contributed by atoms with Crippen molar-refractivity contribution in [2.75, 3.05) is 0 Å². The number of furan rings is 1. The Morgan fingerprint density at radius 2 is 0.880 bits per heavy atom. The smallest absolute Gasteiger partial charge is 0.164 e. The Balaban J connectivity index is 1.39. The minimum atomic E-state index is -1.08. The number of hydrogen-bond acceptors (Lipinski definition) is 4. The summed E-state index contributed by atoms with van der Waals surface area (Å²) in [6, 6.07) is -25.4. The van der Waals surface area contributed by atoms with Gasteiger partial charge in [-0.15, -0.1) is 0 Å². The van der Waals surface area contributed by atoms with Crippen LogP contribution < -0.4 is 0 Å². The fraction of sp³-hybridized carbons (Fsp3) is 0. The number of para-hydroxylation sites is 2. The van der Waals surface area contributed by atoms with Gasteiger partial charge in [-0.3, -0.25) is 0 Å². The molecule has 5 nitrogen and oxygen atoms in total. The Labute approximate surface area is 327 Å². The summed E-state index contributed by atoms with van der Waals surface area (Å²) in [6.45, 7) is 0. The van der Waals surface area contributed by atoms with E-state index in [0.29, 0.717) is 0 Å². The van der Waals surface area contributed by atoms with Crippen LogP contribution in [-0.4, -0.2) is 19.5 Å². The van der Waals surface area contributed by atoms with Crippen molar-refractivity contribution >= 4 is 43.7 Å². The second kappa shape index (κ2) is 11.4. The second-order valence-corrected chi connectivity index (χ2v) is 10.3. The van der Waals surface area contributed by atoms with Crippen molar-refractivity contribution in [3.8, 4) is 51.0 Å². The molecule has 10 aromatic rings. The normalized spacial score (nSPS) is 19.4. The van der Waals surface area contributed by atoms with Gasteiger partial charge in [-0.25, -0.2) is 15.0 Å². The molecule has 10 rings (SSSR count). The molecule has 5 heteroatoms. The van der Waals surface area contributed by atoms with E-state index < -0.39 is 264 Å². The lowest BCUT2D eigenvalue weighted by atomic mass is 9.97. The van der Waals surface area contributed by atoms with Gasteiger partial charge in [0.2, 0.25) is 0 Å². The summed E-state index contributed by atoms with van der Waals surface area (Å²) in [7, 11) is 0. The molecule has 0 bridgehead atoms. The highest BCUT2D eigenvalue weighted by atomic mass is 16.3. The number of aromatic nitrogens is 4. The zero-order valence-electron chi connectivity index (χ0n) is 52.7. The first-order valence-corrected chi connectivity index (χ1v) is 14.4. The molecular formula is C45H28N4O. The summed E-state index contributed by atoms with van der Waals surface area (Å²) in [4.78, 5) is 13.1. The van der Waals surface area contributed by atoms with Crippen molar-refractivity contribution in [1.82, 2.24) is 19.5 Å². The number of rotatable bonds is 5. The van der Waals surface area contributed by atoms with Gasteiger partial charge in [0.15, 0.2) is 17.5 Å². The van der Waals surface area contributed by atoms with Crippen LogP contribution in [0.1, 0.15) is 38.4 Å². The van der Waals surface area contributed by atoms with Crippen LogP contribution in [0.2, 0.25) is 0 Å². The monoisotopic (exact) mass is 668 g/mol. The van der Waals surface area contributed by atoms with Gasteiger partial charge in [0.25, 0.3) is 0 Å². The molecule has 0 aliphatic carbocycles. The lowest BCUT2D eigenvalue weighted by Crippen LogP contribution is -2.01. The molecular weight excluding hydrogens is 613 g/mol. The Morgan fingerprint density at radius 3 is 1.50 bits per heavy atom. The molecule has 0 spiro atoms. The zero-order chi connectivity index (χ0) is 57.4. The molecule has 50 heavy (non-hydrogen) atoms. The number of hydrogen-bond donors (Lipinski definition) is 0. The van der Waals surface area contributed by atoms with Crippen LogP contribution in [0.25, 0.3) is 94.7 Å². The second-order valence-electron chi connectivity index (χ2n) is 10.3. The van der Waals surface area contributed by atoms with Gasteiger partial charge < -0.3 is 8.98 Å². The summed E-state index contributed by atoms with van der Waals surface area (Å²) >= 11 is 0. The third-order valence-electron chi connectivity index (χ3n) is 7.56. The Bertz CT molecular complexity index is 4330. The number of nitrogens with zero attached hydrogens (tertiary/aromatic N) is 4. The molecule has 0 aliphatic rings. The van der Waals surface area contributed by atoms with Crippen LogP contribution in [-0.2, 0) is 0 Å². The molecule has 0 saturated carbocycles. The highest BCUT2D eigenvalue weighted by Crippen LogP contribution is 2.41. The van der Waals surface area contributed by atoms with Crippen molar-refractivity contribution in [1.29, 1.82) is 0 Å². The van der Waals surface area contributed by atoms with Crippen molar-refractivity contribution in [2.24, 2.45) is 0 Å². The highest BCUT2D eigenvalue weighted by Gasteiger charge is 2.20. The fourth-order valence-corrected chi connectivity index (χ4v) is 5.49. The first kappa shape index (κ1) is 11.9. The Morgan fingerprint density at radius 1 is 0.400 bits per heavy atom. The minimum Gasteiger partial charge on any atom is -0.456 e. The van der Waals surface area contributed by atoms with E-state index in [1.54, 1.807) is 0 Å². The molecule has 7 aromatic carbocycles. The predicted molar refractivity (Wildman–Crippen MR) is 203 cm³/mol. The number of fused-ring (bicyclic) bond motifs is 6. The summed E-state index contributed by atoms with van der Waals surface area (Å²) in [5.41, 5.74) is -7.06. The van der Waals surface area contributed by atoms with Gasteiger partial charge in [0.05, 0.1) is 49.4 Å². The van der Waals surface area contributed by atoms with Crippen molar-refractivity contribution in [3.63, 3.8) is 0 Å². The van der Waals surface area contributed by atoms with Gasteiger partial charge in [-0.1, -0.05) is 121 Å². The first-order chi connectivity index (χ1) is 36.4. The summed E-state index contributed by atoms with van der Waals surface area (Å²) in [6.07, 6.45) is 0. The van der Waals surface area contributed by atoms with Crippen LogP contribution in [0.4, 0.5) is 0 Å². The molecule has 0 fully saturated rings. The highest BCUT2D eigenvalue weighted by molar-refractivity contribution is 6.17. The summed E-state index contributed by atoms with van der Waals surface area (Å²) < 4.78 is 254. The SMILES string of the molecule is [2H]c1c([2H])c([2H])c(-c2nc(-c3c([2H])c([2H])c(-n4c5c([2H])c([2H])c([2H])c([2H])c5c5c([2H])c([2H])c([2H])c([2H])c54)c([2H])c3[2H])nc(-c3c([2H])c([2H])c([2H])c4oc5c([2H])c([2H])c([2H])c(-c6c([2H])c([2H])c([2H])c([2H])c6[2H])c5c34)n2)c([2H])c1[2H]. The number of benzene rings is 7. The van der Waals surface area contributed by atoms with E-state index in [-0.39, 0.29) is 0 Å². The quantitative estimate of drug-likeness (QED) is 0.183. The van der Waals surface area contributed by atoms with E-state index in [0.717, 1.165) is 4.57 Å². The lowest BCUT2D eigenvalue weighted by molar-refractivity contribution is 0.669. The average molecular weight is 669 g/mol. The molecule has 0 amide bonds. The molecule has 3 heterocycles. The van der Waals surface area contributed by atoms with Crippen LogP contribution in [0.3, 0.4) is 0 Å². The maximum absolute atomic E-state index is 9.49. The molecule has 0 aliphatic heterocycles. The summed E-state index contributed by atoms with van der Waals surface area (Å²) in [5.74, 6) is -2.70. The van der Waals surface area contributed by atoms with E-state index in [9.17, 15) is 6.85 Å². The first-order valence-electron chi connectivity index (χ1n) is 28.4. The van der Waals surface area contributed by atoms with E-state index >= 15 is 0 Å². The standard InChI is InChI=1S/C45H28N4O/c1-3-13-29(14-4-1)33-19-11-23-39-41(33)42-36(20-12-24-40(42)50-39)45-47-43(30-15-5-2-6-16-30)46-44(48-45)31-25-27-32(28-26-31)49-37-21-9-7-17-34(37)35-18-8-10-22-38(35)49/h1-28H/i1D,2D,3D,4D,5D,6D,7D,8D,9D,10D,11D,12D,13D,14D,15D,16D,17D,18D,19D,20D,21D,22D,23D,24D,25D,26D,27D,28D. The average Bonchev–Trinajstić information content (AvgIpc) is 4.21. The largest absolute Gasteiger partial charge is 0.456 e. The molecule has 0 radical (unpaired) electrons. The van der Waals surface area contributed by atoms with E-state index in [2.05, 4.69) is 15.0 Å². The van der Waals surface area contributed by atoms with Crippen LogP contribution in [0.5, 0.6) is 0 Å². The van der Waals surface area contributed by atoms with E-state index in [1.165, 1.54) is 0 Å². The Hall–Kier alpha value is -6.85. The molecule has 0 N–H and O–H groups in total. The molecule has 0 atom stereocenters. The zero-order valence-corrected chi connectivity index (χ0v) is 24.7. The van der Waals surface area contributed by atoms with Crippen molar-refractivity contribution in [2.45, 2.75) is 0 Å². The van der Waals surface area contributed by atoms with Gasteiger partial charge in [0, 0.05) is 43.9 Å². The third-order valence-corrected chi connectivity index (χ3v) is 7.56. The van der Waals surface area contributed by atoms with E-state index in [4.69, 9.17) is 35.9 Å². The van der Waals surface area contributed by atoms with Gasteiger partial charge >= 0.3 is 0 Å². The van der Waals surface area contributed by atoms with Crippen LogP contribution in [0, 0.1) is 0 Å². The van der Waals surface area contributed by atoms with Crippen molar-refractivity contribution < 1.29 is 42.8 Å². The third kappa shape index (κ3) is 4.52. The summed E-state index contributed by atoms with van der Waals surface area (Å²) in [5, 5.41) is -2.04.